The average molecular weight is 182 g/mol. The Bertz CT molecular complexity index is 292. The third-order valence-electron chi connectivity index (χ3n) is 1.88. The molecule has 0 atom stereocenters. The van der Waals surface area contributed by atoms with E-state index in [1.165, 1.54) is 5.01 Å². The molecule has 4 heteroatoms. The third kappa shape index (κ3) is 1.71. The van der Waals surface area contributed by atoms with E-state index in [0.717, 1.165) is 5.71 Å². The van der Waals surface area contributed by atoms with Crippen molar-refractivity contribution in [3.8, 4) is 0 Å². The van der Waals surface area contributed by atoms with Crippen LogP contribution < -0.4 is 0 Å². The molecule has 1 heterocycles. The normalized spacial score (nSPS) is 20.5. The highest BCUT2D eigenvalue weighted by molar-refractivity contribution is 6.24. The van der Waals surface area contributed by atoms with Crippen molar-refractivity contribution in [3.05, 3.63) is 11.3 Å². The summed E-state index contributed by atoms with van der Waals surface area (Å²) in [5.74, 6) is 0.557. The molecule has 0 aliphatic carbocycles. The van der Waals surface area contributed by atoms with Crippen LogP contribution in [0.5, 0.6) is 0 Å². The molecule has 0 aromatic rings. The summed E-state index contributed by atoms with van der Waals surface area (Å²) in [7, 11) is 1.64. The van der Waals surface area contributed by atoms with E-state index in [1.807, 2.05) is 6.92 Å². The van der Waals surface area contributed by atoms with Gasteiger partial charge in [-0.15, -0.1) is 0 Å². The molecular formula is C9H14N2O2. The molecule has 1 aliphatic heterocycles. The van der Waals surface area contributed by atoms with Crippen molar-refractivity contribution >= 4 is 11.6 Å². The Morgan fingerprint density at radius 1 is 1.62 bits per heavy atom. The minimum absolute atomic E-state index is 0.0940. The van der Waals surface area contributed by atoms with Gasteiger partial charge in [0.1, 0.15) is 11.3 Å². The maximum atomic E-state index is 11.5. The van der Waals surface area contributed by atoms with Crippen molar-refractivity contribution in [2.24, 2.45) is 5.10 Å². The maximum absolute atomic E-state index is 11.5. The molecule has 1 aliphatic rings. The largest absolute Gasteiger partial charge is 0.498 e. The van der Waals surface area contributed by atoms with Gasteiger partial charge in [0.15, 0.2) is 0 Å². The zero-order chi connectivity index (χ0) is 10.0. The van der Waals surface area contributed by atoms with Gasteiger partial charge in [0.25, 0.3) is 5.91 Å². The first-order valence-corrected chi connectivity index (χ1v) is 4.25. The van der Waals surface area contributed by atoms with Gasteiger partial charge in [-0.3, -0.25) is 4.79 Å². The number of ether oxygens (including phenoxy) is 1. The standard InChI is InChI=1S/C9H14N2O2/c1-5-13-7(3)8-6(2)10-11(4)9(8)12/h5H2,1-4H3/b8-7-. The zero-order valence-electron chi connectivity index (χ0n) is 8.42. The first kappa shape index (κ1) is 9.77. The molecule has 0 saturated carbocycles. The highest BCUT2D eigenvalue weighted by Gasteiger charge is 2.27. The summed E-state index contributed by atoms with van der Waals surface area (Å²) in [6.07, 6.45) is 0. The van der Waals surface area contributed by atoms with Crippen LogP contribution in [0, 0.1) is 0 Å². The maximum Gasteiger partial charge on any atom is 0.279 e. The van der Waals surface area contributed by atoms with Crippen LogP contribution in [-0.2, 0) is 9.53 Å². The van der Waals surface area contributed by atoms with E-state index in [9.17, 15) is 4.79 Å². The lowest BCUT2D eigenvalue weighted by Gasteiger charge is -2.06. The van der Waals surface area contributed by atoms with Crippen LogP contribution in [0.3, 0.4) is 0 Å². The number of likely N-dealkylation sites (N-methyl/N-ethyl adjacent to an activating group) is 1. The molecule has 1 amide bonds. The van der Waals surface area contributed by atoms with E-state index in [1.54, 1.807) is 20.9 Å². The van der Waals surface area contributed by atoms with E-state index in [0.29, 0.717) is 17.9 Å². The lowest BCUT2D eigenvalue weighted by molar-refractivity contribution is -0.124. The second-order valence-electron chi connectivity index (χ2n) is 2.88. The second kappa shape index (κ2) is 3.60. The van der Waals surface area contributed by atoms with E-state index in [2.05, 4.69) is 5.10 Å². The summed E-state index contributed by atoms with van der Waals surface area (Å²) in [5, 5.41) is 5.34. The SMILES string of the molecule is CCO/C(C)=C1\C(=O)N(C)N=C1C. The van der Waals surface area contributed by atoms with Gasteiger partial charge in [0.2, 0.25) is 0 Å². The minimum atomic E-state index is -0.0940. The molecule has 4 nitrogen and oxygen atoms in total. The van der Waals surface area contributed by atoms with Crippen LogP contribution >= 0.6 is 0 Å². The Morgan fingerprint density at radius 2 is 2.23 bits per heavy atom. The van der Waals surface area contributed by atoms with E-state index in [4.69, 9.17) is 4.74 Å². The lowest BCUT2D eigenvalue weighted by atomic mass is 10.1. The summed E-state index contributed by atoms with van der Waals surface area (Å²) < 4.78 is 5.27. The smallest absolute Gasteiger partial charge is 0.279 e. The van der Waals surface area contributed by atoms with Gasteiger partial charge in [0.05, 0.1) is 12.3 Å². The van der Waals surface area contributed by atoms with Crippen LogP contribution in [0.2, 0.25) is 0 Å². The number of carbonyl (C=O) groups excluding carboxylic acids is 1. The fraction of sp³-hybridized carbons (Fsp3) is 0.556. The van der Waals surface area contributed by atoms with Gasteiger partial charge < -0.3 is 4.74 Å². The molecule has 0 spiro atoms. The molecular weight excluding hydrogens is 168 g/mol. The molecule has 1 rings (SSSR count). The summed E-state index contributed by atoms with van der Waals surface area (Å²) in [6.45, 7) is 6.05. The van der Waals surface area contributed by atoms with Gasteiger partial charge >= 0.3 is 0 Å². The molecule has 0 saturated heterocycles. The molecule has 0 unspecified atom stereocenters. The Labute approximate surface area is 77.9 Å². The molecule has 0 radical (unpaired) electrons. The molecule has 0 fully saturated rings. The van der Waals surface area contributed by atoms with Crippen molar-refractivity contribution in [1.82, 2.24) is 5.01 Å². The van der Waals surface area contributed by atoms with Crippen LogP contribution in [-0.4, -0.2) is 30.3 Å². The summed E-state index contributed by atoms with van der Waals surface area (Å²) in [5.41, 5.74) is 1.31. The fourth-order valence-electron chi connectivity index (χ4n) is 1.33. The Balaban J connectivity index is 2.99. The summed E-state index contributed by atoms with van der Waals surface area (Å²) in [4.78, 5) is 11.5. The molecule has 13 heavy (non-hydrogen) atoms. The first-order valence-electron chi connectivity index (χ1n) is 4.25. The number of amides is 1. The van der Waals surface area contributed by atoms with Gasteiger partial charge in [-0.1, -0.05) is 0 Å². The van der Waals surface area contributed by atoms with Crippen molar-refractivity contribution in [2.45, 2.75) is 20.8 Å². The Kier molecular flexibility index (Phi) is 2.70. The lowest BCUT2D eigenvalue weighted by Crippen LogP contribution is -2.18. The van der Waals surface area contributed by atoms with Crippen molar-refractivity contribution in [3.63, 3.8) is 0 Å². The second-order valence-corrected chi connectivity index (χ2v) is 2.88. The summed E-state index contributed by atoms with van der Waals surface area (Å²) >= 11 is 0. The molecule has 0 N–H and O–H groups in total. The average Bonchev–Trinajstić information content (AvgIpc) is 2.27. The van der Waals surface area contributed by atoms with E-state index < -0.39 is 0 Å². The number of hydrogen-bond acceptors (Lipinski definition) is 3. The number of hydrogen-bond donors (Lipinski definition) is 0. The highest BCUT2D eigenvalue weighted by Crippen LogP contribution is 2.17. The highest BCUT2D eigenvalue weighted by atomic mass is 16.5. The number of nitrogens with zero attached hydrogens (tertiary/aromatic N) is 2. The Morgan fingerprint density at radius 3 is 2.62 bits per heavy atom. The molecule has 0 aromatic carbocycles. The zero-order valence-corrected chi connectivity index (χ0v) is 8.42. The molecule has 0 bridgehead atoms. The minimum Gasteiger partial charge on any atom is -0.498 e. The van der Waals surface area contributed by atoms with Crippen molar-refractivity contribution in [2.75, 3.05) is 13.7 Å². The topological polar surface area (TPSA) is 41.9 Å². The number of hydrazone groups is 1. The van der Waals surface area contributed by atoms with E-state index >= 15 is 0 Å². The van der Waals surface area contributed by atoms with Gasteiger partial charge in [-0.2, -0.15) is 5.10 Å². The van der Waals surface area contributed by atoms with Crippen LogP contribution in [0.25, 0.3) is 0 Å². The van der Waals surface area contributed by atoms with E-state index in [-0.39, 0.29) is 5.91 Å². The van der Waals surface area contributed by atoms with Crippen molar-refractivity contribution < 1.29 is 9.53 Å². The predicted octanol–water partition coefficient (Wildman–Crippen LogP) is 1.14. The first-order chi connectivity index (χ1) is 6.07. The molecule has 72 valence electrons. The third-order valence-corrected chi connectivity index (χ3v) is 1.88. The van der Waals surface area contributed by atoms with Gasteiger partial charge in [0, 0.05) is 7.05 Å². The van der Waals surface area contributed by atoms with Crippen LogP contribution in [0.1, 0.15) is 20.8 Å². The van der Waals surface area contributed by atoms with Gasteiger partial charge in [-0.05, 0) is 20.8 Å². The quantitative estimate of drug-likeness (QED) is 0.474. The number of carbonyl (C=O) groups is 1. The monoisotopic (exact) mass is 182 g/mol. The van der Waals surface area contributed by atoms with Crippen LogP contribution in [0.15, 0.2) is 16.4 Å². The fourth-order valence-corrected chi connectivity index (χ4v) is 1.33. The van der Waals surface area contributed by atoms with Crippen LogP contribution in [0.4, 0.5) is 0 Å². The Hall–Kier alpha value is -1.32. The number of allylic oxidation sites excluding steroid dienone is 1. The number of rotatable bonds is 2. The predicted molar refractivity (Wildman–Crippen MR) is 50.2 cm³/mol. The molecule has 0 aromatic heterocycles. The summed E-state index contributed by atoms with van der Waals surface area (Å²) in [6, 6.07) is 0. The van der Waals surface area contributed by atoms with Gasteiger partial charge in [-0.25, -0.2) is 5.01 Å². The van der Waals surface area contributed by atoms with Crippen molar-refractivity contribution in [1.29, 1.82) is 0 Å².